The lowest BCUT2D eigenvalue weighted by molar-refractivity contribution is 0.0689. The molecule has 36 heavy (non-hydrogen) atoms. The van der Waals surface area contributed by atoms with Gasteiger partial charge in [-0.2, -0.15) is 9.78 Å². The molecule has 1 amide bonds. The first kappa shape index (κ1) is 23.8. The Morgan fingerprint density at radius 1 is 1.08 bits per heavy atom. The molecule has 1 aromatic heterocycles. The van der Waals surface area contributed by atoms with E-state index in [-0.39, 0.29) is 17.1 Å². The number of halogens is 1. The molecule has 0 bridgehead atoms. The molecule has 0 aliphatic carbocycles. The van der Waals surface area contributed by atoms with Crippen molar-refractivity contribution >= 4 is 29.3 Å². The van der Waals surface area contributed by atoms with Crippen LogP contribution in [0, 0.1) is 17.3 Å². The minimum atomic E-state index is -1.13. The van der Waals surface area contributed by atoms with E-state index < -0.39 is 5.97 Å². The van der Waals surface area contributed by atoms with Gasteiger partial charge in [-0.15, -0.1) is 0 Å². The third-order valence-corrected chi connectivity index (χ3v) is 8.93. The maximum atomic E-state index is 12.8. The SMILES string of the molecule is O=C(O)c1ccn(C(=O)N2CCC3(CCN(Cc4ccc(Cl)c(N5CC6COCC6C5)c4)C3)CC2)n1. The minimum absolute atomic E-state index is 0.116. The van der Waals surface area contributed by atoms with E-state index in [4.69, 9.17) is 21.4 Å². The fourth-order valence-corrected chi connectivity index (χ4v) is 6.71. The smallest absolute Gasteiger partial charge is 0.356 e. The van der Waals surface area contributed by atoms with Gasteiger partial charge in [0.2, 0.25) is 0 Å². The molecular weight excluding hydrogens is 482 g/mol. The quantitative estimate of drug-likeness (QED) is 0.671. The van der Waals surface area contributed by atoms with E-state index in [0.29, 0.717) is 24.9 Å². The molecule has 1 spiro atoms. The molecule has 5 heterocycles. The summed E-state index contributed by atoms with van der Waals surface area (Å²) in [5.74, 6) is 0.109. The van der Waals surface area contributed by atoms with Crippen molar-refractivity contribution in [3.63, 3.8) is 0 Å². The Hall–Kier alpha value is -2.62. The van der Waals surface area contributed by atoms with Crippen LogP contribution in [-0.2, 0) is 11.3 Å². The number of carboxylic acids is 1. The number of carboxylic acid groups (broad SMARTS) is 1. The number of carbonyl (C=O) groups is 2. The van der Waals surface area contributed by atoms with Gasteiger partial charge < -0.3 is 19.6 Å². The summed E-state index contributed by atoms with van der Waals surface area (Å²) in [7, 11) is 0. The van der Waals surface area contributed by atoms with Crippen LogP contribution in [0.25, 0.3) is 0 Å². The molecule has 0 radical (unpaired) electrons. The van der Waals surface area contributed by atoms with Crippen molar-refractivity contribution in [2.45, 2.75) is 25.8 Å². The van der Waals surface area contributed by atoms with Gasteiger partial charge in [0.25, 0.3) is 0 Å². The van der Waals surface area contributed by atoms with Crippen LogP contribution in [0.5, 0.6) is 0 Å². The number of aromatic nitrogens is 2. The monoisotopic (exact) mass is 513 g/mol. The van der Waals surface area contributed by atoms with E-state index in [1.165, 1.54) is 17.8 Å². The summed E-state index contributed by atoms with van der Waals surface area (Å²) in [6.07, 6.45) is 4.46. The zero-order chi connectivity index (χ0) is 24.9. The second kappa shape index (κ2) is 9.36. The number of hydrogen-bond donors (Lipinski definition) is 1. The van der Waals surface area contributed by atoms with Crippen molar-refractivity contribution in [2.24, 2.45) is 17.3 Å². The molecule has 2 aromatic rings. The summed E-state index contributed by atoms with van der Waals surface area (Å²) in [4.78, 5) is 30.6. The molecule has 4 fully saturated rings. The fourth-order valence-electron chi connectivity index (χ4n) is 6.47. The third-order valence-electron chi connectivity index (χ3n) is 8.61. The van der Waals surface area contributed by atoms with Crippen LogP contribution in [0.15, 0.2) is 30.5 Å². The highest BCUT2D eigenvalue weighted by Gasteiger charge is 2.42. The van der Waals surface area contributed by atoms with Crippen molar-refractivity contribution in [1.82, 2.24) is 19.6 Å². The molecule has 192 valence electrons. The average molecular weight is 514 g/mol. The number of rotatable bonds is 4. The largest absolute Gasteiger partial charge is 0.476 e. The summed E-state index contributed by atoms with van der Waals surface area (Å²) in [6, 6.07) is 7.56. The van der Waals surface area contributed by atoms with Crippen LogP contribution in [0.2, 0.25) is 5.02 Å². The molecule has 6 rings (SSSR count). The highest BCUT2D eigenvalue weighted by molar-refractivity contribution is 6.33. The highest BCUT2D eigenvalue weighted by Crippen LogP contribution is 2.41. The molecule has 4 aliphatic heterocycles. The number of anilines is 1. The number of hydrogen-bond acceptors (Lipinski definition) is 6. The summed E-state index contributed by atoms with van der Waals surface area (Å²) < 4.78 is 6.77. The Labute approximate surface area is 215 Å². The number of nitrogens with zero attached hydrogens (tertiary/aromatic N) is 5. The van der Waals surface area contributed by atoms with Gasteiger partial charge >= 0.3 is 12.0 Å². The van der Waals surface area contributed by atoms with E-state index in [1.54, 1.807) is 4.90 Å². The molecule has 4 saturated heterocycles. The van der Waals surface area contributed by atoms with Gasteiger partial charge in [-0.1, -0.05) is 17.7 Å². The molecule has 0 saturated carbocycles. The zero-order valence-corrected chi connectivity index (χ0v) is 21.1. The maximum absolute atomic E-state index is 12.8. The first-order chi connectivity index (χ1) is 17.4. The first-order valence-corrected chi connectivity index (χ1v) is 13.2. The minimum Gasteiger partial charge on any atom is -0.476 e. The van der Waals surface area contributed by atoms with Gasteiger partial charge in [-0.05, 0) is 55.0 Å². The number of amides is 1. The van der Waals surface area contributed by atoms with Crippen LogP contribution < -0.4 is 4.90 Å². The number of piperidine rings is 1. The Balaban J connectivity index is 1.05. The van der Waals surface area contributed by atoms with Gasteiger partial charge in [-0.25, -0.2) is 9.59 Å². The van der Waals surface area contributed by atoms with E-state index in [0.717, 1.165) is 80.6 Å². The van der Waals surface area contributed by atoms with E-state index >= 15 is 0 Å². The second-order valence-corrected chi connectivity index (χ2v) is 11.3. The summed E-state index contributed by atoms with van der Waals surface area (Å²) in [5, 5.41) is 13.8. The van der Waals surface area contributed by atoms with Gasteiger partial charge in [0.1, 0.15) is 0 Å². The maximum Gasteiger partial charge on any atom is 0.356 e. The van der Waals surface area contributed by atoms with Crippen LogP contribution >= 0.6 is 11.6 Å². The molecule has 2 unspecified atom stereocenters. The number of carbonyl (C=O) groups excluding carboxylic acids is 1. The molecule has 2 atom stereocenters. The van der Waals surface area contributed by atoms with Gasteiger partial charge in [0, 0.05) is 57.3 Å². The van der Waals surface area contributed by atoms with E-state index in [9.17, 15) is 9.59 Å². The number of fused-ring (bicyclic) bond motifs is 1. The number of aromatic carboxylic acids is 1. The van der Waals surface area contributed by atoms with Crippen LogP contribution in [-0.4, -0.2) is 89.2 Å². The van der Waals surface area contributed by atoms with Crippen molar-refractivity contribution in [1.29, 1.82) is 0 Å². The third kappa shape index (κ3) is 4.48. The van der Waals surface area contributed by atoms with Crippen LogP contribution in [0.4, 0.5) is 10.5 Å². The zero-order valence-electron chi connectivity index (χ0n) is 20.3. The standard InChI is InChI=1S/C26H32ClN5O4/c27-21-2-1-18(11-23(21)31-13-19-15-36-16-20(19)14-31)12-29-8-4-26(17-29)5-9-30(10-6-26)25(35)32-7-3-22(28-32)24(33)34/h1-3,7,11,19-20H,4-6,8-10,12-17H2,(H,33,34). The lowest BCUT2D eigenvalue weighted by atomic mass is 9.78. The summed E-state index contributed by atoms with van der Waals surface area (Å²) in [5.41, 5.74) is 2.55. The van der Waals surface area contributed by atoms with Gasteiger partial charge in [0.15, 0.2) is 5.69 Å². The van der Waals surface area contributed by atoms with Crippen molar-refractivity contribution in [2.75, 3.05) is 57.4 Å². The lowest BCUT2D eigenvalue weighted by Crippen LogP contribution is -2.45. The van der Waals surface area contributed by atoms with Gasteiger partial charge in [-0.3, -0.25) is 4.90 Å². The van der Waals surface area contributed by atoms with Crippen molar-refractivity contribution < 1.29 is 19.4 Å². The Morgan fingerprint density at radius 3 is 2.50 bits per heavy atom. The molecule has 1 aromatic carbocycles. The molecule has 9 nitrogen and oxygen atoms in total. The van der Waals surface area contributed by atoms with Crippen molar-refractivity contribution in [3.05, 3.63) is 46.7 Å². The summed E-state index contributed by atoms with van der Waals surface area (Å²) >= 11 is 6.61. The second-order valence-electron chi connectivity index (χ2n) is 10.9. The number of likely N-dealkylation sites (tertiary alicyclic amines) is 2. The topological polar surface area (TPSA) is 91.1 Å². The normalized spacial score (nSPS) is 25.6. The first-order valence-electron chi connectivity index (χ1n) is 12.8. The Kier molecular flexibility index (Phi) is 6.17. The fraction of sp³-hybridized carbons (Fsp3) is 0.577. The highest BCUT2D eigenvalue weighted by atomic mass is 35.5. The molecular formula is C26H32ClN5O4. The van der Waals surface area contributed by atoms with E-state index in [2.05, 4.69) is 27.0 Å². The Bertz CT molecular complexity index is 1150. The van der Waals surface area contributed by atoms with Crippen LogP contribution in [0.3, 0.4) is 0 Å². The number of benzene rings is 1. The molecule has 4 aliphatic rings. The van der Waals surface area contributed by atoms with Crippen molar-refractivity contribution in [3.8, 4) is 0 Å². The van der Waals surface area contributed by atoms with Gasteiger partial charge in [0.05, 0.1) is 23.9 Å². The average Bonchev–Trinajstić information content (AvgIpc) is 3.65. The predicted molar refractivity (Wildman–Crippen MR) is 135 cm³/mol. The Morgan fingerprint density at radius 2 is 1.81 bits per heavy atom. The lowest BCUT2D eigenvalue weighted by Gasteiger charge is -2.39. The van der Waals surface area contributed by atoms with Crippen LogP contribution in [0.1, 0.15) is 35.3 Å². The van der Waals surface area contributed by atoms with E-state index in [1.807, 2.05) is 6.07 Å². The molecule has 1 N–H and O–H groups in total. The number of ether oxygens (including phenoxy) is 1. The summed E-state index contributed by atoms with van der Waals surface area (Å²) in [6.45, 7) is 8.09. The molecule has 10 heteroatoms. The predicted octanol–water partition coefficient (Wildman–Crippen LogP) is 3.27.